The van der Waals surface area contributed by atoms with Crippen LogP contribution >= 0.6 is 0 Å². The minimum absolute atomic E-state index is 0.100. The summed E-state index contributed by atoms with van der Waals surface area (Å²) in [6.07, 6.45) is 0. The Bertz CT molecular complexity index is 321. The Morgan fingerprint density at radius 3 is 2.00 bits per heavy atom. The standard InChI is InChI=1S/C9H6N2Se2/c10-6-12-9(13-7-11)8-4-2-1-3-5-8/h1-5,9H. The van der Waals surface area contributed by atoms with Gasteiger partial charge in [-0.25, -0.2) is 0 Å². The topological polar surface area (TPSA) is 47.6 Å². The second-order valence-corrected chi connectivity index (χ2v) is 7.41. The molecule has 0 aliphatic rings. The van der Waals surface area contributed by atoms with Crippen molar-refractivity contribution in [1.29, 1.82) is 10.5 Å². The SMILES string of the molecule is N#C[Se]C([Se]C#N)c1ccccc1. The summed E-state index contributed by atoms with van der Waals surface area (Å²) in [5.41, 5.74) is 1.13. The van der Waals surface area contributed by atoms with E-state index in [1.54, 1.807) is 0 Å². The van der Waals surface area contributed by atoms with Crippen molar-refractivity contribution in [2.75, 3.05) is 0 Å². The van der Waals surface area contributed by atoms with Crippen molar-refractivity contribution in [2.24, 2.45) is 0 Å². The quantitative estimate of drug-likeness (QED) is 0.784. The third kappa shape index (κ3) is 3.23. The van der Waals surface area contributed by atoms with Gasteiger partial charge in [-0.2, -0.15) is 0 Å². The molecule has 0 saturated carbocycles. The first-order valence-corrected chi connectivity index (χ1v) is 7.22. The van der Waals surface area contributed by atoms with Crippen molar-refractivity contribution >= 4 is 29.9 Å². The molecule has 1 rings (SSSR count). The fraction of sp³-hybridized carbons (Fsp3) is 0.111. The molecule has 2 nitrogen and oxygen atoms in total. The third-order valence-electron chi connectivity index (χ3n) is 1.39. The van der Waals surface area contributed by atoms with Crippen LogP contribution in [0.2, 0.25) is 0 Å². The molecule has 0 atom stereocenters. The molecule has 0 unspecified atom stereocenters. The summed E-state index contributed by atoms with van der Waals surface area (Å²) in [6, 6.07) is 9.82. The van der Waals surface area contributed by atoms with Gasteiger partial charge in [0.05, 0.1) is 0 Å². The number of hydrogen-bond acceptors (Lipinski definition) is 2. The van der Waals surface area contributed by atoms with E-state index in [0.29, 0.717) is 0 Å². The molecule has 0 spiro atoms. The Labute approximate surface area is 89.9 Å². The Kier molecular flexibility index (Phi) is 4.61. The van der Waals surface area contributed by atoms with Crippen molar-refractivity contribution < 1.29 is 0 Å². The Balaban J connectivity index is 2.78. The van der Waals surface area contributed by atoms with E-state index in [4.69, 9.17) is 10.5 Å². The zero-order chi connectivity index (χ0) is 9.52. The average Bonchev–Trinajstić information content (AvgIpc) is 2.19. The maximum absolute atomic E-state index is 8.60. The first kappa shape index (κ1) is 10.3. The van der Waals surface area contributed by atoms with E-state index in [-0.39, 0.29) is 33.6 Å². The van der Waals surface area contributed by atoms with Gasteiger partial charge in [0.25, 0.3) is 0 Å². The summed E-state index contributed by atoms with van der Waals surface area (Å²) < 4.78 is 0.191. The van der Waals surface area contributed by atoms with Crippen LogP contribution in [0.5, 0.6) is 0 Å². The molecule has 64 valence electrons. The molecule has 0 bridgehead atoms. The average molecular weight is 300 g/mol. The van der Waals surface area contributed by atoms with Crippen LogP contribution in [0.25, 0.3) is 0 Å². The van der Waals surface area contributed by atoms with Crippen LogP contribution < -0.4 is 0 Å². The fourth-order valence-electron chi connectivity index (χ4n) is 0.866. The molecule has 0 heterocycles. The minimum atomic E-state index is -0.100. The molecule has 0 N–H and O–H groups in total. The number of nitriles is 2. The predicted octanol–water partition coefficient (Wildman–Crippen LogP) is 1.06. The molecule has 0 aliphatic heterocycles. The van der Waals surface area contributed by atoms with E-state index in [1.165, 1.54) is 0 Å². The van der Waals surface area contributed by atoms with Gasteiger partial charge < -0.3 is 0 Å². The van der Waals surface area contributed by atoms with Gasteiger partial charge in [0.1, 0.15) is 0 Å². The normalized spacial score (nSPS) is 9.15. The van der Waals surface area contributed by atoms with Crippen LogP contribution in [0.1, 0.15) is 9.28 Å². The van der Waals surface area contributed by atoms with E-state index in [1.807, 2.05) is 30.3 Å². The third-order valence-corrected chi connectivity index (χ3v) is 5.97. The van der Waals surface area contributed by atoms with Gasteiger partial charge in [0, 0.05) is 0 Å². The van der Waals surface area contributed by atoms with Crippen molar-refractivity contribution in [1.82, 2.24) is 0 Å². The van der Waals surface area contributed by atoms with Gasteiger partial charge >= 0.3 is 90.0 Å². The molecular formula is C9H6N2Se2. The molecule has 4 heteroatoms. The molecule has 0 fully saturated rings. The van der Waals surface area contributed by atoms with Crippen LogP contribution in [0.4, 0.5) is 0 Å². The predicted molar refractivity (Wildman–Crippen MR) is 51.9 cm³/mol. The molecule has 0 aromatic heterocycles. The van der Waals surface area contributed by atoms with E-state index < -0.39 is 0 Å². The van der Waals surface area contributed by atoms with Crippen molar-refractivity contribution in [3.05, 3.63) is 35.9 Å². The zero-order valence-corrected chi connectivity index (χ0v) is 10.1. The van der Waals surface area contributed by atoms with Gasteiger partial charge in [0.15, 0.2) is 0 Å². The van der Waals surface area contributed by atoms with Crippen LogP contribution in [0, 0.1) is 20.5 Å². The Morgan fingerprint density at radius 1 is 1.00 bits per heavy atom. The summed E-state index contributed by atoms with van der Waals surface area (Å²) in [4.78, 5) is 4.36. The Morgan fingerprint density at radius 2 is 1.54 bits per heavy atom. The first-order valence-electron chi connectivity index (χ1n) is 3.53. The summed E-state index contributed by atoms with van der Waals surface area (Å²) in [5, 5.41) is 17.2. The van der Waals surface area contributed by atoms with Crippen LogP contribution in [0.3, 0.4) is 0 Å². The molecule has 0 amide bonds. The molecule has 0 radical (unpaired) electrons. The van der Waals surface area contributed by atoms with Crippen molar-refractivity contribution in [3.8, 4) is 9.94 Å². The number of hydrogen-bond donors (Lipinski definition) is 0. The number of rotatable bonds is 3. The summed E-state index contributed by atoms with van der Waals surface area (Å²) >= 11 is -0.200. The van der Waals surface area contributed by atoms with Crippen molar-refractivity contribution in [3.63, 3.8) is 0 Å². The van der Waals surface area contributed by atoms with E-state index in [2.05, 4.69) is 9.94 Å². The maximum atomic E-state index is 8.60. The van der Waals surface area contributed by atoms with Gasteiger partial charge in [-0.05, 0) is 0 Å². The summed E-state index contributed by atoms with van der Waals surface area (Å²) in [7, 11) is 0. The number of benzene rings is 1. The second-order valence-electron chi connectivity index (χ2n) is 2.16. The van der Waals surface area contributed by atoms with Gasteiger partial charge in [-0.15, -0.1) is 0 Å². The van der Waals surface area contributed by atoms with Gasteiger partial charge in [-0.1, -0.05) is 0 Å². The Hall–Kier alpha value is -0.761. The summed E-state index contributed by atoms with van der Waals surface area (Å²) in [6.45, 7) is 0. The molecule has 1 aromatic carbocycles. The van der Waals surface area contributed by atoms with E-state index in [9.17, 15) is 0 Å². The molecule has 1 aromatic rings. The zero-order valence-electron chi connectivity index (χ0n) is 6.68. The molecule has 13 heavy (non-hydrogen) atoms. The van der Waals surface area contributed by atoms with E-state index >= 15 is 0 Å². The fourth-order valence-corrected chi connectivity index (χ4v) is 4.06. The molecule has 0 saturated heterocycles. The van der Waals surface area contributed by atoms with Crippen LogP contribution in [-0.2, 0) is 0 Å². The first-order chi connectivity index (χ1) is 6.38. The van der Waals surface area contributed by atoms with Crippen molar-refractivity contribution in [2.45, 2.75) is 3.71 Å². The molecule has 0 aliphatic carbocycles. The van der Waals surface area contributed by atoms with Gasteiger partial charge in [-0.3, -0.25) is 0 Å². The number of nitrogens with zero attached hydrogens (tertiary/aromatic N) is 2. The summed E-state index contributed by atoms with van der Waals surface area (Å²) in [5.74, 6) is 0. The second kappa shape index (κ2) is 5.81. The van der Waals surface area contributed by atoms with Crippen LogP contribution in [0.15, 0.2) is 30.3 Å². The monoisotopic (exact) mass is 302 g/mol. The van der Waals surface area contributed by atoms with Gasteiger partial charge in [0.2, 0.25) is 0 Å². The van der Waals surface area contributed by atoms with E-state index in [0.717, 1.165) is 5.56 Å². The molecular weight excluding hydrogens is 294 g/mol. The van der Waals surface area contributed by atoms with Crippen LogP contribution in [-0.4, -0.2) is 29.9 Å².